The number of likely N-dealkylation sites (tertiary alicyclic amines) is 1. The van der Waals surface area contributed by atoms with Crippen LogP contribution < -0.4 is 0 Å². The zero-order valence-electron chi connectivity index (χ0n) is 13.0. The van der Waals surface area contributed by atoms with Crippen LogP contribution in [0.25, 0.3) is 0 Å². The fourth-order valence-electron chi connectivity index (χ4n) is 3.55. The number of methoxy groups -OCH3 is 1. The van der Waals surface area contributed by atoms with E-state index in [-0.39, 0.29) is 5.54 Å². The Balaban J connectivity index is 2.01. The number of likely N-dealkylation sites (N-methyl/N-ethyl adjacent to an activating group) is 1. The Labute approximate surface area is 122 Å². The third-order valence-corrected chi connectivity index (χ3v) is 6.98. The van der Waals surface area contributed by atoms with E-state index in [1.165, 1.54) is 4.31 Å². The molecule has 2 saturated heterocycles. The van der Waals surface area contributed by atoms with E-state index in [9.17, 15) is 8.42 Å². The van der Waals surface area contributed by atoms with Crippen LogP contribution in [0.2, 0.25) is 0 Å². The predicted octanol–water partition coefficient (Wildman–Crippen LogP) is 0.368. The van der Waals surface area contributed by atoms with E-state index in [0.717, 1.165) is 32.3 Å². The molecule has 2 rings (SSSR count). The van der Waals surface area contributed by atoms with Crippen molar-refractivity contribution in [3.63, 3.8) is 0 Å². The van der Waals surface area contributed by atoms with E-state index in [1.54, 1.807) is 25.5 Å². The molecule has 1 atom stereocenters. The number of ether oxygens (including phenoxy) is 1. The van der Waals surface area contributed by atoms with Crippen molar-refractivity contribution in [1.82, 2.24) is 13.5 Å². The molecule has 0 N–H and O–H groups in total. The second-order valence-electron chi connectivity index (χ2n) is 6.17. The van der Waals surface area contributed by atoms with Crippen molar-refractivity contribution in [3.8, 4) is 0 Å². The van der Waals surface area contributed by atoms with Gasteiger partial charge in [0.1, 0.15) is 0 Å². The smallest absolute Gasteiger partial charge is 0.281 e. The average molecular weight is 305 g/mol. The van der Waals surface area contributed by atoms with E-state index in [0.29, 0.717) is 19.1 Å². The lowest BCUT2D eigenvalue weighted by Gasteiger charge is -2.44. The van der Waals surface area contributed by atoms with E-state index in [4.69, 9.17) is 4.74 Å². The molecule has 6 nitrogen and oxygen atoms in total. The molecule has 20 heavy (non-hydrogen) atoms. The van der Waals surface area contributed by atoms with E-state index < -0.39 is 10.2 Å². The number of rotatable bonds is 4. The Morgan fingerprint density at radius 2 is 1.85 bits per heavy atom. The SMILES string of the molecule is COC[C@H]1CCC2(CCN(S(=O)(=O)N(C)C)CC2)N1C. The highest BCUT2D eigenvalue weighted by Crippen LogP contribution is 2.41. The van der Waals surface area contributed by atoms with Crippen LogP contribution in [0.4, 0.5) is 0 Å². The summed E-state index contributed by atoms with van der Waals surface area (Å²) in [6.07, 6.45) is 4.12. The van der Waals surface area contributed by atoms with E-state index in [1.807, 2.05) is 0 Å². The Morgan fingerprint density at radius 3 is 2.35 bits per heavy atom. The number of hydrogen-bond donors (Lipinski definition) is 0. The highest BCUT2D eigenvalue weighted by Gasteiger charge is 2.47. The lowest BCUT2D eigenvalue weighted by atomic mass is 9.86. The molecule has 1 spiro atoms. The van der Waals surface area contributed by atoms with Gasteiger partial charge in [-0.2, -0.15) is 17.0 Å². The molecule has 0 amide bonds. The second kappa shape index (κ2) is 5.88. The highest BCUT2D eigenvalue weighted by atomic mass is 32.2. The monoisotopic (exact) mass is 305 g/mol. The second-order valence-corrected chi connectivity index (χ2v) is 8.31. The largest absolute Gasteiger partial charge is 0.383 e. The highest BCUT2D eigenvalue weighted by molar-refractivity contribution is 7.86. The van der Waals surface area contributed by atoms with Gasteiger partial charge in [-0.05, 0) is 32.7 Å². The maximum absolute atomic E-state index is 12.2. The lowest BCUT2D eigenvalue weighted by Crippen LogP contribution is -2.55. The third-order valence-electron chi connectivity index (χ3n) is 5.04. The normalized spacial score (nSPS) is 28.6. The topological polar surface area (TPSA) is 53.1 Å². The molecule has 2 fully saturated rings. The molecular formula is C13H27N3O3S. The molecule has 2 aliphatic rings. The van der Waals surface area contributed by atoms with Crippen LogP contribution in [0.1, 0.15) is 25.7 Å². The van der Waals surface area contributed by atoms with Gasteiger partial charge in [-0.3, -0.25) is 4.90 Å². The van der Waals surface area contributed by atoms with Crippen LogP contribution in [-0.4, -0.2) is 81.5 Å². The molecular weight excluding hydrogens is 278 g/mol. The minimum Gasteiger partial charge on any atom is -0.383 e. The lowest BCUT2D eigenvalue weighted by molar-refractivity contribution is 0.0447. The molecule has 2 heterocycles. The van der Waals surface area contributed by atoms with Gasteiger partial charge in [0.15, 0.2) is 0 Å². The van der Waals surface area contributed by atoms with Crippen molar-refractivity contribution in [1.29, 1.82) is 0 Å². The van der Waals surface area contributed by atoms with Gasteiger partial charge >= 0.3 is 0 Å². The number of piperidine rings is 1. The minimum atomic E-state index is -3.26. The minimum absolute atomic E-state index is 0.168. The van der Waals surface area contributed by atoms with Crippen LogP contribution in [0.5, 0.6) is 0 Å². The van der Waals surface area contributed by atoms with Crippen LogP contribution in [0.15, 0.2) is 0 Å². The first-order valence-electron chi connectivity index (χ1n) is 7.23. The van der Waals surface area contributed by atoms with Crippen molar-refractivity contribution >= 4 is 10.2 Å². The Kier molecular flexibility index (Phi) is 4.76. The fraction of sp³-hybridized carbons (Fsp3) is 1.00. The summed E-state index contributed by atoms with van der Waals surface area (Å²) in [4.78, 5) is 2.43. The van der Waals surface area contributed by atoms with Gasteiger partial charge in [0.25, 0.3) is 10.2 Å². The van der Waals surface area contributed by atoms with Gasteiger partial charge in [0.05, 0.1) is 6.61 Å². The van der Waals surface area contributed by atoms with Crippen molar-refractivity contribution in [2.24, 2.45) is 0 Å². The molecule has 0 aromatic heterocycles. The third kappa shape index (κ3) is 2.74. The summed E-state index contributed by atoms with van der Waals surface area (Å²) in [5.74, 6) is 0. The molecule has 0 radical (unpaired) electrons. The van der Waals surface area contributed by atoms with Crippen molar-refractivity contribution in [2.75, 3.05) is 47.9 Å². The molecule has 0 unspecified atom stereocenters. The standard InChI is InChI=1S/C13H27N3O3S/c1-14(2)20(17,18)16-9-7-13(8-10-16)6-5-12(11-19-4)15(13)3/h12H,5-11H2,1-4H3/t12-/m1/s1. The molecule has 118 valence electrons. The molecule has 0 aromatic carbocycles. The van der Waals surface area contributed by atoms with Crippen LogP contribution in [0.3, 0.4) is 0 Å². The van der Waals surface area contributed by atoms with Crippen LogP contribution in [0, 0.1) is 0 Å². The summed E-state index contributed by atoms with van der Waals surface area (Å²) >= 11 is 0. The summed E-state index contributed by atoms with van der Waals surface area (Å²) in [7, 11) is 3.82. The van der Waals surface area contributed by atoms with Crippen molar-refractivity contribution in [3.05, 3.63) is 0 Å². The van der Waals surface area contributed by atoms with Crippen LogP contribution >= 0.6 is 0 Å². The first-order valence-corrected chi connectivity index (χ1v) is 8.63. The quantitative estimate of drug-likeness (QED) is 0.753. The number of hydrogen-bond acceptors (Lipinski definition) is 4. The molecule has 2 aliphatic heterocycles. The fourth-order valence-corrected chi connectivity index (χ4v) is 4.65. The van der Waals surface area contributed by atoms with Gasteiger partial charge in [-0.15, -0.1) is 0 Å². The Hall–Kier alpha value is -0.210. The zero-order valence-corrected chi connectivity index (χ0v) is 13.8. The average Bonchev–Trinajstić information content (AvgIpc) is 2.69. The predicted molar refractivity (Wildman–Crippen MR) is 78.8 cm³/mol. The van der Waals surface area contributed by atoms with E-state index in [2.05, 4.69) is 11.9 Å². The molecule has 0 aromatic rings. The molecule has 7 heteroatoms. The van der Waals surface area contributed by atoms with Gasteiger partial charge in [-0.1, -0.05) is 0 Å². The summed E-state index contributed by atoms with van der Waals surface area (Å²) in [6, 6.07) is 0.469. The molecule has 0 saturated carbocycles. The first kappa shape index (κ1) is 16.2. The Bertz CT molecular complexity index is 430. The van der Waals surface area contributed by atoms with E-state index >= 15 is 0 Å². The van der Waals surface area contributed by atoms with Gasteiger partial charge in [0.2, 0.25) is 0 Å². The number of nitrogens with zero attached hydrogens (tertiary/aromatic N) is 3. The van der Waals surface area contributed by atoms with Crippen molar-refractivity contribution < 1.29 is 13.2 Å². The zero-order chi connectivity index (χ0) is 15.0. The van der Waals surface area contributed by atoms with Gasteiger partial charge in [0, 0.05) is 45.9 Å². The summed E-state index contributed by atoms with van der Waals surface area (Å²) < 4.78 is 32.5. The maximum Gasteiger partial charge on any atom is 0.281 e. The summed E-state index contributed by atoms with van der Waals surface area (Å²) in [5.41, 5.74) is 0.168. The maximum atomic E-state index is 12.2. The van der Waals surface area contributed by atoms with Crippen LogP contribution in [-0.2, 0) is 14.9 Å². The Morgan fingerprint density at radius 1 is 1.25 bits per heavy atom. The summed E-state index contributed by atoms with van der Waals surface area (Å²) in [5, 5.41) is 0. The van der Waals surface area contributed by atoms with Gasteiger partial charge < -0.3 is 4.74 Å². The molecule has 0 aliphatic carbocycles. The summed E-state index contributed by atoms with van der Waals surface area (Å²) in [6.45, 7) is 1.99. The molecule has 0 bridgehead atoms. The van der Waals surface area contributed by atoms with Gasteiger partial charge in [-0.25, -0.2) is 0 Å². The first-order chi connectivity index (χ1) is 9.33. The van der Waals surface area contributed by atoms with Crippen molar-refractivity contribution in [2.45, 2.75) is 37.3 Å².